The quantitative estimate of drug-likeness (QED) is 0.851. The van der Waals surface area contributed by atoms with Crippen molar-refractivity contribution in [2.75, 3.05) is 7.11 Å². The first-order chi connectivity index (χ1) is 9.52. The van der Waals surface area contributed by atoms with Crippen LogP contribution in [-0.4, -0.2) is 50.2 Å². The zero-order valence-electron chi connectivity index (χ0n) is 10.4. The Morgan fingerprint density at radius 1 is 1.40 bits per heavy atom. The van der Waals surface area contributed by atoms with Crippen molar-refractivity contribution < 1.29 is 18.6 Å². The van der Waals surface area contributed by atoms with Crippen molar-refractivity contribution in [1.82, 2.24) is 19.5 Å². The summed E-state index contributed by atoms with van der Waals surface area (Å²) in [6.07, 6.45) is -3.83. The molecule has 1 fully saturated rings. The average molecular weight is 305 g/mol. The van der Waals surface area contributed by atoms with Gasteiger partial charge in [-0.3, -0.25) is 0 Å². The number of halogens is 3. The summed E-state index contributed by atoms with van der Waals surface area (Å²) in [6, 6.07) is -0.888. The topological polar surface area (TPSA) is 73.1 Å². The van der Waals surface area contributed by atoms with Crippen LogP contribution in [0.25, 0.3) is 11.2 Å². The van der Waals surface area contributed by atoms with Gasteiger partial charge in [-0.25, -0.2) is 13.8 Å². The fourth-order valence-electron chi connectivity index (χ4n) is 2.45. The van der Waals surface area contributed by atoms with Crippen molar-refractivity contribution in [3.8, 4) is 5.88 Å². The summed E-state index contributed by atoms with van der Waals surface area (Å²) < 4.78 is 33.7. The Morgan fingerprint density at radius 3 is 2.75 bits per heavy atom. The van der Waals surface area contributed by atoms with Gasteiger partial charge in [0.25, 0.3) is 0 Å². The lowest BCUT2D eigenvalue weighted by Crippen LogP contribution is -2.23. The standard InChI is InChI=1S/C11H11ClF2N4O2/c1-20-10-8-9(16-11(12)17-10)18(3-15-8)4-2-5(19)7(14)6(4)13/h3-7,19H,2H2,1H3/t4-,5+,6-,7?/m1/s1. The van der Waals surface area contributed by atoms with Gasteiger partial charge in [-0.1, -0.05) is 0 Å². The van der Waals surface area contributed by atoms with Crippen LogP contribution in [0.5, 0.6) is 5.88 Å². The van der Waals surface area contributed by atoms with Crippen LogP contribution in [0.2, 0.25) is 5.28 Å². The van der Waals surface area contributed by atoms with Gasteiger partial charge in [0.1, 0.15) is 0 Å². The molecule has 1 aliphatic carbocycles. The second kappa shape index (κ2) is 4.78. The Balaban J connectivity index is 2.11. The zero-order chi connectivity index (χ0) is 14.4. The lowest BCUT2D eigenvalue weighted by atomic mass is 10.2. The van der Waals surface area contributed by atoms with Crippen LogP contribution in [-0.2, 0) is 0 Å². The molecule has 9 heteroatoms. The predicted molar refractivity (Wildman–Crippen MR) is 66.3 cm³/mol. The van der Waals surface area contributed by atoms with E-state index >= 15 is 0 Å². The number of fused-ring (bicyclic) bond motifs is 1. The van der Waals surface area contributed by atoms with Crippen LogP contribution in [0.4, 0.5) is 8.78 Å². The maximum Gasteiger partial charge on any atom is 0.246 e. The van der Waals surface area contributed by atoms with Crippen LogP contribution in [0, 0.1) is 0 Å². The maximum absolute atomic E-state index is 13.9. The zero-order valence-corrected chi connectivity index (χ0v) is 11.1. The second-order valence-electron chi connectivity index (χ2n) is 4.59. The molecule has 1 saturated carbocycles. The molecule has 20 heavy (non-hydrogen) atoms. The molecule has 6 nitrogen and oxygen atoms in total. The first-order valence-corrected chi connectivity index (χ1v) is 6.31. The number of aliphatic hydroxyl groups is 1. The number of rotatable bonds is 2. The smallest absolute Gasteiger partial charge is 0.246 e. The molecule has 0 amide bonds. The van der Waals surface area contributed by atoms with E-state index in [0.717, 1.165) is 0 Å². The number of hydrogen-bond acceptors (Lipinski definition) is 5. The molecule has 0 saturated heterocycles. The van der Waals surface area contributed by atoms with E-state index in [1.165, 1.54) is 18.0 Å². The van der Waals surface area contributed by atoms with Crippen molar-refractivity contribution in [3.63, 3.8) is 0 Å². The van der Waals surface area contributed by atoms with Crippen LogP contribution >= 0.6 is 11.6 Å². The molecule has 1 unspecified atom stereocenters. The number of aromatic nitrogens is 4. The Kier molecular flexibility index (Phi) is 3.21. The molecule has 108 valence electrons. The molecule has 1 N–H and O–H groups in total. The summed E-state index contributed by atoms with van der Waals surface area (Å²) in [6.45, 7) is 0. The van der Waals surface area contributed by atoms with E-state index in [4.69, 9.17) is 16.3 Å². The van der Waals surface area contributed by atoms with E-state index < -0.39 is 24.5 Å². The molecule has 4 atom stereocenters. The average Bonchev–Trinajstić information content (AvgIpc) is 2.94. The fourth-order valence-corrected chi connectivity index (χ4v) is 2.61. The minimum absolute atomic E-state index is 0.0578. The SMILES string of the molecule is COc1nc(Cl)nc2c1ncn2[C@@H]1C[C@H](O)C(F)[C@@H]1F. The van der Waals surface area contributed by atoms with Gasteiger partial charge in [-0.2, -0.15) is 9.97 Å². The van der Waals surface area contributed by atoms with Gasteiger partial charge in [0.05, 0.1) is 25.6 Å². The lowest BCUT2D eigenvalue weighted by Gasteiger charge is -2.15. The van der Waals surface area contributed by atoms with E-state index in [0.29, 0.717) is 5.52 Å². The minimum atomic E-state index is -1.92. The summed E-state index contributed by atoms with van der Waals surface area (Å²) in [5, 5.41) is 9.35. The molecule has 3 rings (SSSR count). The van der Waals surface area contributed by atoms with Crippen LogP contribution < -0.4 is 4.74 Å². The number of nitrogens with zero attached hydrogens (tertiary/aromatic N) is 4. The largest absolute Gasteiger partial charge is 0.479 e. The number of imidazole rings is 1. The van der Waals surface area contributed by atoms with Crippen molar-refractivity contribution in [3.05, 3.63) is 11.6 Å². The van der Waals surface area contributed by atoms with Gasteiger partial charge in [0.15, 0.2) is 23.5 Å². The highest BCUT2D eigenvalue weighted by Crippen LogP contribution is 2.37. The number of alkyl halides is 2. The molecule has 0 radical (unpaired) electrons. The van der Waals surface area contributed by atoms with Crippen molar-refractivity contribution in [2.45, 2.75) is 30.9 Å². The lowest BCUT2D eigenvalue weighted by molar-refractivity contribution is 0.0705. The van der Waals surface area contributed by atoms with Crippen LogP contribution in [0.1, 0.15) is 12.5 Å². The molecular weight excluding hydrogens is 294 g/mol. The fraction of sp³-hybridized carbons (Fsp3) is 0.545. The van der Waals surface area contributed by atoms with Crippen molar-refractivity contribution >= 4 is 22.8 Å². The van der Waals surface area contributed by atoms with Crippen molar-refractivity contribution in [1.29, 1.82) is 0 Å². The molecule has 0 spiro atoms. The van der Waals surface area contributed by atoms with Gasteiger partial charge in [0.2, 0.25) is 11.2 Å². The maximum atomic E-state index is 13.9. The molecule has 0 aromatic carbocycles. The monoisotopic (exact) mass is 304 g/mol. The van der Waals surface area contributed by atoms with Gasteiger partial charge < -0.3 is 14.4 Å². The second-order valence-corrected chi connectivity index (χ2v) is 4.92. The Bertz CT molecular complexity index is 653. The molecule has 2 aromatic heterocycles. The first-order valence-electron chi connectivity index (χ1n) is 5.93. The van der Waals surface area contributed by atoms with Gasteiger partial charge in [-0.15, -0.1) is 0 Å². The van der Waals surface area contributed by atoms with E-state index in [2.05, 4.69) is 15.0 Å². The first kappa shape index (κ1) is 13.4. The third-order valence-electron chi connectivity index (χ3n) is 3.44. The van der Waals surface area contributed by atoms with Gasteiger partial charge >= 0.3 is 0 Å². The summed E-state index contributed by atoms with van der Waals surface area (Å²) in [4.78, 5) is 11.9. The number of aliphatic hydroxyl groups excluding tert-OH is 1. The highest BCUT2D eigenvalue weighted by Gasteiger charge is 2.45. The highest BCUT2D eigenvalue weighted by atomic mass is 35.5. The highest BCUT2D eigenvalue weighted by molar-refractivity contribution is 6.28. The van der Waals surface area contributed by atoms with Crippen LogP contribution in [0.3, 0.4) is 0 Å². The molecular formula is C11H11ClF2N4O2. The van der Waals surface area contributed by atoms with E-state index in [-0.39, 0.29) is 23.2 Å². The number of ether oxygens (including phenoxy) is 1. The summed E-state index contributed by atoms with van der Waals surface area (Å²) in [5.74, 6) is 0.157. The van der Waals surface area contributed by atoms with Crippen molar-refractivity contribution in [2.24, 2.45) is 0 Å². The number of hydrogen-bond donors (Lipinski definition) is 1. The number of methoxy groups -OCH3 is 1. The van der Waals surface area contributed by atoms with E-state index in [1.807, 2.05) is 0 Å². The van der Waals surface area contributed by atoms with E-state index in [9.17, 15) is 13.9 Å². The predicted octanol–water partition coefficient (Wildman–Crippen LogP) is 1.47. The molecule has 0 aliphatic heterocycles. The summed E-state index contributed by atoms with van der Waals surface area (Å²) >= 11 is 5.77. The third-order valence-corrected chi connectivity index (χ3v) is 3.60. The Morgan fingerprint density at radius 2 is 2.15 bits per heavy atom. The molecule has 2 heterocycles. The Labute approximate surface area is 117 Å². The molecule has 0 bridgehead atoms. The molecule has 2 aromatic rings. The van der Waals surface area contributed by atoms with Gasteiger partial charge in [0, 0.05) is 6.42 Å². The third kappa shape index (κ3) is 1.90. The minimum Gasteiger partial charge on any atom is -0.479 e. The van der Waals surface area contributed by atoms with E-state index in [1.54, 1.807) is 0 Å². The Hall–Kier alpha value is -1.54. The summed E-state index contributed by atoms with van der Waals surface area (Å²) in [7, 11) is 1.39. The summed E-state index contributed by atoms with van der Waals surface area (Å²) in [5.41, 5.74) is 0.552. The molecule has 1 aliphatic rings. The van der Waals surface area contributed by atoms with Gasteiger partial charge in [-0.05, 0) is 11.6 Å². The normalized spacial score (nSPS) is 30.1. The van der Waals surface area contributed by atoms with Crippen LogP contribution in [0.15, 0.2) is 6.33 Å².